The molecule has 144 valence electrons. The van der Waals surface area contributed by atoms with E-state index in [2.05, 4.69) is 15.7 Å². The fourth-order valence-electron chi connectivity index (χ4n) is 2.96. The van der Waals surface area contributed by atoms with E-state index in [0.29, 0.717) is 34.8 Å². The molecular formula is C21H21ClN4O2. The van der Waals surface area contributed by atoms with Gasteiger partial charge in [-0.2, -0.15) is 5.10 Å². The van der Waals surface area contributed by atoms with Gasteiger partial charge in [0.1, 0.15) is 0 Å². The fourth-order valence-corrected chi connectivity index (χ4v) is 3.13. The first-order valence-corrected chi connectivity index (χ1v) is 9.32. The number of hydrogen-bond acceptors (Lipinski definition) is 3. The van der Waals surface area contributed by atoms with Crippen LogP contribution in [-0.4, -0.2) is 28.6 Å². The Bertz CT molecular complexity index is 999. The smallest absolute Gasteiger partial charge is 0.259 e. The van der Waals surface area contributed by atoms with Crippen LogP contribution in [0, 0.1) is 0 Å². The van der Waals surface area contributed by atoms with Crippen molar-refractivity contribution in [2.45, 2.75) is 19.9 Å². The summed E-state index contributed by atoms with van der Waals surface area (Å²) in [6.45, 7) is 2.57. The normalized spacial score (nSPS) is 10.5. The van der Waals surface area contributed by atoms with Crippen molar-refractivity contribution >= 4 is 29.1 Å². The van der Waals surface area contributed by atoms with Crippen molar-refractivity contribution in [1.29, 1.82) is 0 Å². The van der Waals surface area contributed by atoms with Crippen LogP contribution in [0.3, 0.4) is 0 Å². The monoisotopic (exact) mass is 396 g/mol. The first kappa shape index (κ1) is 19.6. The molecular weight excluding hydrogens is 376 g/mol. The summed E-state index contributed by atoms with van der Waals surface area (Å²) >= 11 is 6.19. The number of benzene rings is 2. The zero-order valence-electron chi connectivity index (χ0n) is 15.7. The highest BCUT2D eigenvalue weighted by molar-refractivity contribution is 6.34. The van der Waals surface area contributed by atoms with E-state index in [4.69, 9.17) is 11.6 Å². The molecule has 2 N–H and O–H groups in total. The highest BCUT2D eigenvalue weighted by Gasteiger charge is 2.18. The zero-order chi connectivity index (χ0) is 20.1. The first-order valence-electron chi connectivity index (χ1n) is 8.95. The minimum absolute atomic E-state index is 0.253. The van der Waals surface area contributed by atoms with Crippen molar-refractivity contribution < 1.29 is 9.59 Å². The number of hydrogen-bond donors (Lipinski definition) is 2. The van der Waals surface area contributed by atoms with Gasteiger partial charge in [-0.05, 0) is 30.2 Å². The van der Waals surface area contributed by atoms with Crippen LogP contribution >= 0.6 is 11.6 Å². The minimum atomic E-state index is -0.313. The van der Waals surface area contributed by atoms with E-state index in [0.717, 1.165) is 11.3 Å². The molecule has 1 heterocycles. The predicted molar refractivity (Wildman–Crippen MR) is 110 cm³/mol. The van der Waals surface area contributed by atoms with Crippen LogP contribution in [-0.2, 0) is 13.0 Å². The molecule has 7 heteroatoms. The van der Waals surface area contributed by atoms with Crippen molar-refractivity contribution in [2.24, 2.45) is 0 Å². The maximum atomic E-state index is 12.8. The average molecular weight is 397 g/mol. The van der Waals surface area contributed by atoms with Crippen molar-refractivity contribution in [3.63, 3.8) is 0 Å². The number of amides is 2. The van der Waals surface area contributed by atoms with Gasteiger partial charge in [-0.15, -0.1) is 0 Å². The summed E-state index contributed by atoms with van der Waals surface area (Å²) in [7, 11) is 1.55. The SMILES string of the molecule is CCc1c(C(=O)Nc2cc(C(=O)NC)ccc2Cl)cnn1Cc1ccccc1. The standard InChI is InChI=1S/C21H21ClN4O2/c1-3-19-16(12-24-26(19)13-14-7-5-4-6-8-14)21(28)25-18-11-15(20(27)23-2)9-10-17(18)22/h4-12H,3,13H2,1-2H3,(H,23,27)(H,25,28). The zero-order valence-corrected chi connectivity index (χ0v) is 16.5. The number of carbonyl (C=O) groups is 2. The van der Waals surface area contributed by atoms with Crippen LogP contribution in [0.4, 0.5) is 5.69 Å². The topological polar surface area (TPSA) is 76.0 Å². The second kappa shape index (κ2) is 8.71. The van der Waals surface area contributed by atoms with Gasteiger partial charge < -0.3 is 10.6 Å². The Morgan fingerprint density at radius 1 is 1.11 bits per heavy atom. The average Bonchev–Trinajstić information content (AvgIpc) is 3.12. The molecule has 2 aromatic carbocycles. The lowest BCUT2D eigenvalue weighted by Crippen LogP contribution is -2.19. The quantitative estimate of drug-likeness (QED) is 0.666. The Labute approximate surface area is 168 Å². The van der Waals surface area contributed by atoms with Gasteiger partial charge in [0.05, 0.1) is 34.7 Å². The van der Waals surface area contributed by atoms with Gasteiger partial charge in [0.25, 0.3) is 11.8 Å². The third-order valence-corrected chi connectivity index (χ3v) is 4.74. The molecule has 3 aromatic rings. The fraction of sp³-hybridized carbons (Fsp3) is 0.190. The van der Waals surface area contributed by atoms with Crippen molar-refractivity contribution in [3.05, 3.63) is 82.1 Å². The molecule has 0 bridgehead atoms. The number of aromatic nitrogens is 2. The van der Waals surface area contributed by atoms with Gasteiger partial charge in [0.15, 0.2) is 0 Å². The van der Waals surface area contributed by atoms with Gasteiger partial charge in [-0.1, -0.05) is 48.9 Å². The Morgan fingerprint density at radius 2 is 1.86 bits per heavy atom. The number of nitrogens with one attached hydrogen (secondary N) is 2. The number of carbonyl (C=O) groups excluding carboxylic acids is 2. The molecule has 0 radical (unpaired) electrons. The van der Waals surface area contributed by atoms with Gasteiger partial charge in [0.2, 0.25) is 0 Å². The third kappa shape index (κ3) is 4.23. The van der Waals surface area contributed by atoms with Crippen molar-refractivity contribution in [2.75, 3.05) is 12.4 Å². The van der Waals surface area contributed by atoms with Crippen LogP contribution in [0.25, 0.3) is 0 Å². The maximum absolute atomic E-state index is 12.8. The highest BCUT2D eigenvalue weighted by Crippen LogP contribution is 2.24. The number of halogens is 1. The number of rotatable bonds is 6. The lowest BCUT2D eigenvalue weighted by molar-refractivity contribution is 0.0961. The minimum Gasteiger partial charge on any atom is -0.355 e. The Morgan fingerprint density at radius 3 is 2.54 bits per heavy atom. The van der Waals surface area contributed by atoms with Crippen LogP contribution in [0.5, 0.6) is 0 Å². The Balaban J connectivity index is 1.84. The summed E-state index contributed by atoms with van der Waals surface area (Å²) in [6, 6.07) is 14.7. The molecule has 0 spiro atoms. The molecule has 0 fully saturated rings. The highest BCUT2D eigenvalue weighted by atomic mass is 35.5. The van der Waals surface area contributed by atoms with E-state index < -0.39 is 0 Å². The van der Waals surface area contributed by atoms with E-state index >= 15 is 0 Å². The van der Waals surface area contributed by atoms with E-state index in [1.54, 1.807) is 31.4 Å². The summed E-state index contributed by atoms with van der Waals surface area (Å²) in [4.78, 5) is 24.7. The van der Waals surface area contributed by atoms with Crippen molar-refractivity contribution in [3.8, 4) is 0 Å². The molecule has 1 aromatic heterocycles. The van der Waals surface area contributed by atoms with Gasteiger partial charge >= 0.3 is 0 Å². The van der Waals surface area contributed by atoms with E-state index in [-0.39, 0.29) is 11.8 Å². The lowest BCUT2D eigenvalue weighted by Gasteiger charge is -2.11. The van der Waals surface area contributed by atoms with Gasteiger partial charge in [0, 0.05) is 12.6 Å². The molecule has 0 saturated heterocycles. The van der Waals surface area contributed by atoms with Crippen LogP contribution in [0.2, 0.25) is 5.02 Å². The molecule has 0 aliphatic rings. The summed E-state index contributed by atoms with van der Waals surface area (Å²) in [6.07, 6.45) is 2.22. The molecule has 3 rings (SSSR count). The molecule has 0 aliphatic heterocycles. The number of nitrogens with zero attached hydrogens (tertiary/aromatic N) is 2. The predicted octanol–water partition coefficient (Wildman–Crippen LogP) is 3.76. The summed E-state index contributed by atoms with van der Waals surface area (Å²) in [5.74, 6) is -0.566. The summed E-state index contributed by atoms with van der Waals surface area (Å²) < 4.78 is 1.83. The molecule has 0 unspecified atom stereocenters. The Hall–Kier alpha value is -3.12. The second-order valence-electron chi connectivity index (χ2n) is 6.23. The Kier molecular flexibility index (Phi) is 6.11. The lowest BCUT2D eigenvalue weighted by atomic mass is 10.1. The maximum Gasteiger partial charge on any atom is 0.259 e. The van der Waals surface area contributed by atoms with Crippen LogP contribution in [0.1, 0.15) is 38.9 Å². The molecule has 0 aliphatic carbocycles. The second-order valence-corrected chi connectivity index (χ2v) is 6.64. The number of anilines is 1. The van der Waals surface area contributed by atoms with E-state index in [1.807, 2.05) is 41.9 Å². The van der Waals surface area contributed by atoms with Crippen LogP contribution < -0.4 is 10.6 Å². The van der Waals surface area contributed by atoms with Gasteiger partial charge in [-0.25, -0.2) is 0 Å². The van der Waals surface area contributed by atoms with Crippen molar-refractivity contribution in [1.82, 2.24) is 15.1 Å². The largest absolute Gasteiger partial charge is 0.355 e. The molecule has 0 atom stereocenters. The molecule has 2 amide bonds. The first-order chi connectivity index (χ1) is 13.5. The molecule has 6 nitrogen and oxygen atoms in total. The molecule has 28 heavy (non-hydrogen) atoms. The van der Waals surface area contributed by atoms with E-state index in [1.165, 1.54) is 0 Å². The summed E-state index contributed by atoms with van der Waals surface area (Å²) in [5, 5.41) is 10.1. The van der Waals surface area contributed by atoms with Crippen LogP contribution in [0.15, 0.2) is 54.7 Å². The van der Waals surface area contributed by atoms with E-state index in [9.17, 15) is 9.59 Å². The summed E-state index contributed by atoms with van der Waals surface area (Å²) in [5.41, 5.74) is 3.22. The third-order valence-electron chi connectivity index (χ3n) is 4.41. The van der Waals surface area contributed by atoms with Gasteiger partial charge in [-0.3, -0.25) is 14.3 Å². The molecule has 0 saturated carbocycles.